The van der Waals surface area contributed by atoms with Crippen LogP contribution in [-0.4, -0.2) is 88.5 Å². The number of benzene rings is 1. The Balaban J connectivity index is 1.80. The van der Waals surface area contributed by atoms with Crippen molar-refractivity contribution in [3.63, 3.8) is 0 Å². The van der Waals surface area contributed by atoms with Crippen LogP contribution < -0.4 is 4.90 Å². The van der Waals surface area contributed by atoms with Crippen molar-refractivity contribution in [3.8, 4) is 0 Å². The topological polar surface area (TPSA) is 90.4 Å². The molecule has 3 saturated heterocycles. The summed E-state index contributed by atoms with van der Waals surface area (Å²) in [5, 5.41) is 9.91. The number of carbonyl (C=O) groups excluding carboxylic acids is 3. The molecule has 6 atom stereocenters. The molecule has 10 heteroatoms. The Labute approximate surface area is 224 Å². The lowest BCUT2D eigenvalue weighted by molar-refractivity contribution is -0.144. The van der Waals surface area contributed by atoms with Crippen LogP contribution in [0.25, 0.3) is 0 Å². The zero-order valence-electron chi connectivity index (χ0n) is 20.2. The average Bonchev–Trinajstić information content (AvgIpc) is 3.44. The van der Waals surface area contributed by atoms with Crippen molar-refractivity contribution in [3.05, 3.63) is 54.6 Å². The number of likely N-dealkylation sites (tertiary alicyclic amines) is 1. The number of ether oxygens (including phenoxy) is 1. The summed E-state index contributed by atoms with van der Waals surface area (Å²) in [6, 6.07) is 6.01. The zero-order valence-corrected chi connectivity index (χ0v) is 22.5. The first-order valence-corrected chi connectivity index (χ1v) is 13.3. The molecule has 4 rings (SSSR count). The first kappa shape index (κ1) is 26.9. The normalized spacial score (nSPS) is 30.3. The quantitative estimate of drug-likeness (QED) is 0.340. The average molecular weight is 581 g/mol. The van der Waals surface area contributed by atoms with E-state index in [2.05, 4.69) is 29.1 Å². The number of halogens is 2. The summed E-state index contributed by atoms with van der Waals surface area (Å²) < 4.78 is 6.52. The van der Waals surface area contributed by atoms with E-state index in [1.807, 2.05) is 0 Å². The lowest BCUT2D eigenvalue weighted by Crippen LogP contribution is -2.57. The monoisotopic (exact) mass is 579 g/mol. The van der Waals surface area contributed by atoms with E-state index in [0.717, 1.165) is 0 Å². The predicted molar refractivity (Wildman–Crippen MR) is 141 cm³/mol. The number of fused-ring (bicyclic) bond motifs is 1. The van der Waals surface area contributed by atoms with Crippen molar-refractivity contribution in [1.29, 1.82) is 0 Å². The maximum absolute atomic E-state index is 14.3. The number of alkyl halides is 1. The number of aliphatic hydroxyl groups is 1. The number of anilines is 1. The number of aliphatic hydroxyl groups excluding tert-OH is 1. The Kier molecular flexibility index (Phi) is 7.95. The number of carbonyl (C=O) groups is 3. The molecule has 3 aliphatic rings. The highest BCUT2D eigenvalue weighted by atomic mass is 79.9. The van der Waals surface area contributed by atoms with Gasteiger partial charge in [0.05, 0.1) is 28.6 Å². The van der Waals surface area contributed by atoms with Gasteiger partial charge in [0.1, 0.15) is 11.6 Å². The Morgan fingerprint density at radius 2 is 1.97 bits per heavy atom. The molecule has 3 fully saturated rings. The summed E-state index contributed by atoms with van der Waals surface area (Å²) in [5.41, 5.74) is -0.682. The second kappa shape index (κ2) is 10.7. The molecule has 1 spiro atoms. The van der Waals surface area contributed by atoms with Crippen LogP contribution in [0.3, 0.4) is 0 Å². The highest BCUT2D eigenvalue weighted by Gasteiger charge is 2.76. The minimum atomic E-state index is -1.18. The van der Waals surface area contributed by atoms with E-state index in [4.69, 9.17) is 16.3 Å². The lowest BCUT2D eigenvalue weighted by Gasteiger charge is -2.37. The fourth-order valence-electron chi connectivity index (χ4n) is 5.97. The van der Waals surface area contributed by atoms with Crippen LogP contribution in [0.4, 0.5) is 5.69 Å². The Morgan fingerprint density at radius 3 is 2.61 bits per heavy atom. The van der Waals surface area contributed by atoms with Gasteiger partial charge in [0.2, 0.25) is 11.8 Å². The third-order valence-corrected chi connectivity index (χ3v) is 8.53. The van der Waals surface area contributed by atoms with E-state index in [-0.39, 0.29) is 42.2 Å². The van der Waals surface area contributed by atoms with Crippen LogP contribution in [0, 0.1) is 11.8 Å². The Bertz CT molecular complexity index is 1070. The van der Waals surface area contributed by atoms with Gasteiger partial charge in [-0.1, -0.05) is 51.8 Å². The summed E-state index contributed by atoms with van der Waals surface area (Å²) in [5.74, 6) is -2.41. The molecular formula is C26H31BrClN3O5. The van der Waals surface area contributed by atoms with Crippen LogP contribution in [0.1, 0.15) is 12.8 Å². The molecule has 3 amide bonds. The standard InChI is InChI=1S/C26H31BrClN3O5/c1-4-11-29(3)23(33)19-20-24(34)31(13-8-14-32)22(26(20)15-16(27)21(19)36-26)25(35)30(12-5-2)18-10-7-6-9-17(18)28/h4-7,9-10,16,19-22,32H,1-2,8,11-15H2,3H3/t16?,19-,20-,21-,22?,26?/m0/s1. The molecular weight excluding hydrogens is 550 g/mol. The first-order chi connectivity index (χ1) is 17.2. The smallest absolute Gasteiger partial charge is 0.253 e. The zero-order chi connectivity index (χ0) is 26.2. The number of likely N-dealkylation sites (N-methyl/N-ethyl adjacent to an activating group) is 1. The van der Waals surface area contributed by atoms with Crippen molar-refractivity contribution in [2.45, 2.75) is 35.4 Å². The molecule has 1 aromatic rings. The molecule has 8 nitrogen and oxygen atoms in total. The summed E-state index contributed by atoms with van der Waals surface area (Å²) in [6.45, 7) is 8.03. The van der Waals surface area contributed by atoms with Gasteiger partial charge in [-0.25, -0.2) is 0 Å². The molecule has 1 N–H and O–H groups in total. The second-order valence-corrected chi connectivity index (χ2v) is 11.1. The molecule has 36 heavy (non-hydrogen) atoms. The van der Waals surface area contributed by atoms with Gasteiger partial charge in [0, 0.05) is 38.1 Å². The summed E-state index contributed by atoms with van der Waals surface area (Å²) in [4.78, 5) is 46.1. The highest BCUT2D eigenvalue weighted by Crippen LogP contribution is 2.60. The molecule has 2 bridgehead atoms. The van der Waals surface area contributed by atoms with E-state index in [1.165, 1.54) is 14.7 Å². The van der Waals surface area contributed by atoms with Gasteiger partial charge in [-0.3, -0.25) is 14.4 Å². The third kappa shape index (κ3) is 4.20. The number of hydrogen-bond donors (Lipinski definition) is 1. The van der Waals surface area contributed by atoms with Crippen molar-refractivity contribution in [1.82, 2.24) is 9.80 Å². The lowest BCUT2D eigenvalue weighted by atomic mass is 9.70. The maximum Gasteiger partial charge on any atom is 0.253 e. The van der Waals surface area contributed by atoms with Gasteiger partial charge in [-0.2, -0.15) is 0 Å². The van der Waals surface area contributed by atoms with Gasteiger partial charge >= 0.3 is 0 Å². The highest BCUT2D eigenvalue weighted by molar-refractivity contribution is 9.09. The molecule has 0 aromatic heterocycles. The van der Waals surface area contributed by atoms with Crippen molar-refractivity contribution in [2.75, 3.05) is 38.2 Å². The molecule has 0 radical (unpaired) electrons. The summed E-state index contributed by atoms with van der Waals surface area (Å²) in [6.07, 6.45) is 3.38. The maximum atomic E-state index is 14.3. The molecule has 3 aliphatic heterocycles. The van der Waals surface area contributed by atoms with Gasteiger partial charge in [0.15, 0.2) is 0 Å². The molecule has 194 valence electrons. The third-order valence-electron chi connectivity index (χ3n) is 7.37. The second-order valence-electron chi connectivity index (χ2n) is 9.47. The van der Waals surface area contributed by atoms with E-state index >= 15 is 0 Å². The fraction of sp³-hybridized carbons (Fsp3) is 0.500. The molecule has 3 unspecified atom stereocenters. The summed E-state index contributed by atoms with van der Waals surface area (Å²) in [7, 11) is 1.67. The van der Waals surface area contributed by atoms with Gasteiger partial charge in [-0.15, -0.1) is 13.2 Å². The number of nitrogens with zero attached hydrogens (tertiary/aromatic N) is 3. The van der Waals surface area contributed by atoms with Crippen LogP contribution in [0.5, 0.6) is 0 Å². The van der Waals surface area contributed by atoms with Crippen LogP contribution in [0.2, 0.25) is 5.02 Å². The number of para-hydroxylation sites is 1. The van der Waals surface area contributed by atoms with Gasteiger partial charge in [0.25, 0.3) is 5.91 Å². The van der Waals surface area contributed by atoms with E-state index < -0.39 is 29.6 Å². The van der Waals surface area contributed by atoms with Crippen LogP contribution in [-0.2, 0) is 19.1 Å². The SMILES string of the molecule is C=CCN(C)C(=O)[C@H]1[C@H]2C(=O)N(CCCO)C(C(=O)N(CC=C)c3ccccc3Cl)C23CC(Br)[C@@H]1O3. The van der Waals surface area contributed by atoms with Crippen LogP contribution >= 0.6 is 27.5 Å². The largest absolute Gasteiger partial charge is 0.396 e. The van der Waals surface area contributed by atoms with E-state index in [1.54, 1.807) is 43.5 Å². The van der Waals surface area contributed by atoms with Crippen molar-refractivity contribution < 1.29 is 24.2 Å². The van der Waals surface area contributed by atoms with Crippen molar-refractivity contribution in [2.24, 2.45) is 11.8 Å². The number of amides is 3. The van der Waals surface area contributed by atoms with Gasteiger partial charge in [-0.05, 0) is 25.0 Å². The molecule has 0 aliphatic carbocycles. The minimum absolute atomic E-state index is 0.141. The first-order valence-electron chi connectivity index (χ1n) is 12.0. The van der Waals surface area contributed by atoms with Crippen LogP contribution in [0.15, 0.2) is 49.6 Å². The number of rotatable bonds is 10. The Morgan fingerprint density at radius 1 is 1.28 bits per heavy atom. The molecule has 3 heterocycles. The number of hydrogen-bond acceptors (Lipinski definition) is 5. The molecule has 1 aromatic carbocycles. The fourth-order valence-corrected chi connectivity index (χ4v) is 7.15. The van der Waals surface area contributed by atoms with Gasteiger partial charge < -0.3 is 24.5 Å². The predicted octanol–water partition coefficient (Wildman–Crippen LogP) is 2.63. The van der Waals surface area contributed by atoms with E-state index in [0.29, 0.717) is 30.1 Å². The Hall–Kier alpha value is -2.20. The van der Waals surface area contributed by atoms with E-state index in [9.17, 15) is 19.5 Å². The minimum Gasteiger partial charge on any atom is -0.396 e. The molecule has 0 saturated carbocycles. The summed E-state index contributed by atoms with van der Waals surface area (Å²) >= 11 is 10.1. The van der Waals surface area contributed by atoms with Crippen molar-refractivity contribution >= 4 is 50.9 Å².